The number of rotatable bonds is 3. The summed E-state index contributed by atoms with van der Waals surface area (Å²) in [7, 11) is 0. The third-order valence-corrected chi connectivity index (χ3v) is 1.64. The molecule has 9 heavy (non-hydrogen) atoms. The second-order valence-electron chi connectivity index (χ2n) is 2.37. The Labute approximate surface area is 55.9 Å². The van der Waals surface area contributed by atoms with Crippen molar-refractivity contribution < 1.29 is 9.90 Å². The molecule has 0 aromatic rings. The number of ketones is 1. The van der Waals surface area contributed by atoms with Gasteiger partial charge in [0.1, 0.15) is 5.78 Å². The van der Waals surface area contributed by atoms with Gasteiger partial charge >= 0.3 is 0 Å². The van der Waals surface area contributed by atoms with Crippen LogP contribution in [0.5, 0.6) is 0 Å². The number of hydrogen-bond donors (Lipinski definition) is 1. The van der Waals surface area contributed by atoms with Crippen molar-refractivity contribution in [2.75, 3.05) is 0 Å². The van der Waals surface area contributed by atoms with Gasteiger partial charge in [0.05, 0.1) is 6.10 Å². The molecule has 0 aromatic carbocycles. The molecule has 0 aromatic heterocycles. The van der Waals surface area contributed by atoms with Gasteiger partial charge in [-0.1, -0.05) is 13.8 Å². The van der Waals surface area contributed by atoms with Crippen LogP contribution in [-0.4, -0.2) is 17.0 Å². The minimum atomic E-state index is -0.456. The lowest BCUT2D eigenvalue weighted by atomic mass is 9.99. The molecule has 0 unspecified atom stereocenters. The molecule has 0 fully saturated rings. The van der Waals surface area contributed by atoms with Gasteiger partial charge in [0, 0.05) is 5.92 Å². The molecular formula is C7H14O2. The number of aliphatic hydroxyl groups is 1. The van der Waals surface area contributed by atoms with Crippen molar-refractivity contribution in [2.24, 2.45) is 5.92 Å². The van der Waals surface area contributed by atoms with Crippen molar-refractivity contribution in [3.63, 3.8) is 0 Å². The van der Waals surface area contributed by atoms with Gasteiger partial charge < -0.3 is 5.11 Å². The molecule has 0 amide bonds. The van der Waals surface area contributed by atoms with Crippen molar-refractivity contribution in [2.45, 2.75) is 33.3 Å². The molecule has 0 heterocycles. The molecule has 0 saturated heterocycles. The molecule has 0 radical (unpaired) electrons. The second-order valence-corrected chi connectivity index (χ2v) is 2.37. The van der Waals surface area contributed by atoms with Crippen molar-refractivity contribution in [1.29, 1.82) is 0 Å². The summed E-state index contributed by atoms with van der Waals surface area (Å²) in [6.45, 7) is 5.12. The zero-order chi connectivity index (χ0) is 7.44. The summed E-state index contributed by atoms with van der Waals surface area (Å²) in [5.41, 5.74) is 0. The first kappa shape index (κ1) is 8.63. The minimum Gasteiger partial charge on any atom is -0.392 e. The molecular weight excluding hydrogens is 116 g/mol. The Morgan fingerprint density at radius 3 is 2.22 bits per heavy atom. The van der Waals surface area contributed by atoms with Crippen LogP contribution in [0.3, 0.4) is 0 Å². The van der Waals surface area contributed by atoms with Gasteiger partial charge in [-0.15, -0.1) is 0 Å². The smallest absolute Gasteiger partial charge is 0.135 e. The first-order valence-corrected chi connectivity index (χ1v) is 3.28. The van der Waals surface area contributed by atoms with E-state index in [9.17, 15) is 4.79 Å². The number of carbonyl (C=O) groups is 1. The number of Topliss-reactive ketones (excluding diaryl/α,β-unsaturated/α-hetero) is 1. The summed E-state index contributed by atoms with van der Waals surface area (Å²) in [5, 5.41) is 9.08. The van der Waals surface area contributed by atoms with Crippen LogP contribution < -0.4 is 0 Å². The summed E-state index contributed by atoms with van der Waals surface area (Å²) in [4.78, 5) is 10.6. The number of carbonyl (C=O) groups excluding carboxylic acids is 1. The fourth-order valence-corrected chi connectivity index (χ4v) is 0.624. The van der Waals surface area contributed by atoms with E-state index < -0.39 is 6.10 Å². The van der Waals surface area contributed by atoms with Crippen LogP contribution in [0, 0.1) is 5.92 Å². The molecule has 54 valence electrons. The first-order chi connectivity index (χ1) is 4.09. The topological polar surface area (TPSA) is 37.3 Å². The Kier molecular flexibility index (Phi) is 3.47. The normalized spacial score (nSPS) is 16.9. The Morgan fingerprint density at radius 2 is 2.11 bits per heavy atom. The van der Waals surface area contributed by atoms with E-state index in [1.165, 1.54) is 6.92 Å². The second kappa shape index (κ2) is 3.62. The molecule has 2 atom stereocenters. The highest BCUT2D eigenvalue weighted by Crippen LogP contribution is 2.06. The Balaban J connectivity index is 3.72. The summed E-state index contributed by atoms with van der Waals surface area (Å²) >= 11 is 0. The van der Waals surface area contributed by atoms with Crippen LogP contribution in [0.4, 0.5) is 0 Å². The van der Waals surface area contributed by atoms with Gasteiger partial charge in [-0.25, -0.2) is 0 Å². The summed E-state index contributed by atoms with van der Waals surface area (Å²) in [5.74, 6) is -0.139. The molecule has 2 heteroatoms. The molecule has 0 aliphatic heterocycles. The van der Waals surface area contributed by atoms with Gasteiger partial charge in [0.2, 0.25) is 0 Å². The summed E-state index contributed by atoms with van der Waals surface area (Å²) < 4.78 is 0. The van der Waals surface area contributed by atoms with E-state index in [0.717, 1.165) is 0 Å². The largest absolute Gasteiger partial charge is 0.392 e. The highest BCUT2D eigenvalue weighted by Gasteiger charge is 2.15. The Hall–Kier alpha value is -0.370. The lowest BCUT2D eigenvalue weighted by Crippen LogP contribution is -2.22. The van der Waals surface area contributed by atoms with Crippen LogP contribution >= 0.6 is 0 Å². The average Bonchev–Trinajstić information content (AvgIpc) is 1.84. The monoisotopic (exact) mass is 130 g/mol. The molecule has 0 aliphatic rings. The lowest BCUT2D eigenvalue weighted by molar-refractivity contribution is -0.123. The van der Waals surface area contributed by atoms with Crippen molar-refractivity contribution in [1.82, 2.24) is 0 Å². The minimum absolute atomic E-state index is 0.0596. The van der Waals surface area contributed by atoms with E-state index in [0.29, 0.717) is 6.42 Å². The van der Waals surface area contributed by atoms with Crippen molar-refractivity contribution in [3.8, 4) is 0 Å². The summed E-state index contributed by atoms with van der Waals surface area (Å²) in [6.07, 6.45) is 0.197. The van der Waals surface area contributed by atoms with Gasteiger partial charge in [-0.3, -0.25) is 4.79 Å². The highest BCUT2D eigenvalue weighted by molar-refractivity contribution is 5.78. The number of aliphatic hydroxyl groups excluding tert-OH is 1. The molecule has 0 bridgehead atoms. The van der Waals surface area contributed by atoms with Gasteiger partial charge in [0.15, 0.2) is 0 Å². The fourth-order valence-electron chi connectivity index (χ4n) is 0.624. The molecule has 0 rings (SSSR count). The predicted molar refractivity (Wildman–Crippen MR) is 36.1 cm³/mol. The number of hydrogen-bond acceptors (Lipinski definition) is 2. The fraction of sp³-hybridized carbons (Fsp3) is 0.857. The SMILES string of the molecule is CC[C@@H](O)[C@H](C)C(C)=O. The van der Waals surface area contributed by atoms with Crippen LogP contribution in [0.25, 0.3) is 0 Å². The van der Waals surface area contributed by atoms with Crippen LogP contribution in [0.15, 0.2) is 0 Å². The van der Waals surface area contributed by atoms with E-state index in [1.807, 2.05) is 6.92 Å². The third-order valence-electron chi connectivity index (χ3n) is 1.64. The van der Waals surface area contributed by atoms with Gasteiger partial charge in [0.25, 0.3) is 0 Å². The predicted octanol–water partition coefficient (Wildman–Crippen LogP) is 0.982. The Bertz CT molecular complexity index is 99.1. The van der Waals surface area contributed by atoms with E-state index in [4.69, 9.17) is 5.11 Å². The maximum atomic E-state index is 10.6. The van der Waals surface area contributed by atoms with E-state index in [2.05, 4.69) is 0 Å². The third kappa shape index (κ3) is 2.61. The van der Waals surface area contributed by atoms with Crippen LogP contribution in [0.1, 0.15) is 27.2 Å². The molecule has 0 aliphatic carbocycles. The zero-order valence-electron chi connectivity index (χ0n) is 6.22. The summed E-state index contributed by atoms with van der Waals surface area (Å²) in [6, 6.07) is 0. The quantitative estimate of drug-likeness (QED) is 0.618. The van der Waals surface area contributed by atoms with E-state index in [1.54, 1.807) is 6.92 Å². The highest BCUT2D eigenvalue weighted by atomic mass is 16.3. The maximum absolute atomic E-state index is 10.6. The molecule has 1 N–H and O–H groups in total. The van der Waals surface area contributed by atoms with Crippen LogP contribution in [-0.2, 0) is 4.79 Å². The van der Waals surface area contributed by atoms with Crippen LogP contribution in [0.2, 0.25) is 0 Å². The van der Waals surface area contributed by atoms with Crippen molar-refractivity contribution in [3.05, 3.63) is 0 Å². The van der Waals surface area contributed by atoms with Gasteiger partial charge in [-0.05, 0) is 13.3 Å². The van der Waals surface area contributed by atoms with Crippen molar-refractivity contribution >= 4 is 5.78 Å². The Morgan fingerprint density at radius 1 is 1.67 bits per heavy atom. The maximum Gasteiger partial charge on any atom is 0.135 e. The first-order valence-electron chi connectivity index (χ1n) is 3.28. The molecule has 2 nitrogen and oxygen atoms in total. The van der Waals surface area contributed by atoms with Gasteiger partial charge in [-0.2, -0.15) is 0 Å². The molecule has 0 saturated carbocycles. The average molecular weight is 130 g/mol. The molecule has 0 spiro atoms. The van der Waals surface area contributed by atoms with E-state index in [-0.39, 0.29) is 11.7 Å². The standard InChI is InChI=1S/C7H14O2/c1-4-7(9)5(2)6(3)8/h5,7,9H,4H2,1-3H3/t5-,7-/m1/s1. The zero-order valence-corrected chi connectivity index (χ0v) is 6.22. The van der Waals surface area contributed by atoms with E-state index >= 15 is 0 Å². The lowest BCUT2D eigenvalue weighted by Gasteiger charge is -2.12.